The van der Waals surface area contributed by atoms with Crippen LogP contribution in [0.25, 0.3) is 11.0 Å². The number of piperidine rings is 1. The van der Waals surface area contributed by atoms with Crippen LogP contribution in [0.1, 0.15) is 51.9 Å². The summed E-state index contributed by atoms with van der Waals surface area (Å²) in [5.41, 5.74) is 1.02. The summed E-state index contributed by atoms with van der Waals surface area (Å²) in [6.45, 7) is 5.42. The van der Waals surface area contributed by atoms with Crippen LogP contribution in [0.15, 0.2) is 23.1 Å². The molecule has 1 aliphatic carbocycles. The van der Waals surface area contributed by atoms with E-state index in [2.05, 4.69) is 30.6 Å². The number of nitrogens with zero attached hydrogens (tertiary/aromatic N) is 3. The summed E-state index contributed by atoms with van der Waals surface area (Å²) in [5, 5.41) is 3.12. The maximum absolute atomic E-state index is 12.8. The van der Waals surface area contributed by atoms with Gasteiger partial charge in [-0.2, -0.15) is 8.75 Å². The number of amides is 1. The minimum atomic E-state index is -3.64. The third-order valence-electron chi connectivity index (χ3n) is 6.96. The van der Waals surface area contributed by atoms with Gasteiger partial charge in [0.25, 0.3) is 0 Å². The molecule has 0 bridgehead atoms. The average Bonchev–Trinajstić information content (AvgIpc) is 3.28. The average molecular weight is 480 g/mol. The van der Waals surface area contributed by atoms with Crippen LogP contribution in [0, 0.1) is 11.8 Å². The molecule has 2 aliphatic rings. The zero-order chi connectivity index (χ0) is 22.6. The number of rotatable bonds is 8. The molecule has 1 unspecified atom stereocenters. The molecule has 2 fully saturated rings. The van der Waals surface area contributed by atoms with Crippen molar-refractivity contribution in [1.82, 2.24) is 23.7 Å². The smallest absolute Gasteiger partial charge is 0.242 e. The summed E-state index contributed by atoms with van der Waals surface area (Å²) < 4.78 is 36.6. The molecule has 10 heteroatoms. The standard InChI is InChI=1S/C22H33N5O3S2/c1-16-5-2-3-13-27(16)14-12-23-22(28)18-10-8-17(9-11-18)15-24-32(29,30)20-7-4-6-19-21(20)26-31-25-19/h4,6-7,16-18,24H,2-3,5,8-15H2,1H3,(H,23,28). The predicted octanol–water partition coefficient (Wildman–Crippen LogP) is 2.77. The van der Waals surface area contributed by atoms with Gasteiger partial charge in [0.2, 0.25) is 15.9 Å². The van der Waals surface area contributed by atoms with Crippen molar-refractivity contribution in [1.29, 1.82) is 0 Å². The number of carbonyl (C=O) groups excluding carboxylic acids is 1. The van der Waals surface area contributed by atoms with E-state index in [-0.39, 0.29) is 22.6 Å². The molecule has 1 aliphatic heterocycles. The quantitative estimate of drug-likeness (QED) is 0.603. The lowest BCUT2D eigenvalue weighted by molar-refractivity contribution is -0.126. The van der Waals surface area contributed by atoms with Crippen LogP contribution in [0.2, 0.25) is 0 Å². The zero-order valence-electron chi connectivity index (χ0n) is 18.6. The van der Waals surface area contributed by atoms with Gasteiger partial charge in [-0.15, -0.1) is 0 Å². The highest BCUT2D eigenvalue weighted by molar-refractivity contribution is 7.89. The van der Waals surface area contributed by atoms with Crippen molar-refractivity contribution >= 4 is 38.7 Å². The summed E-state index contributed by atoms with van der Waals surface area (Å²) in [5.74, 6) is 0.434. The molecular formula is C22H33N5O3S2. The first-order valence-electron chi connectivity index (χ1n) is 11.7. The number of hydrogen-bond acceptors (Lipinski definition) is 7. The van der Waals surface area contributed by atoms with Crippen LogP contribution < -0.4 is 10.0 Å². The van der Waals surface area contributed by atoms with E-state index in [9.17, 15) is 13.2 Å². The Balaban J connectivity index is 1.20. The molecule has 2 aromatic rings. The molecule has 2 heterocycles. The van der Waals surface area contributed by atoms with Crippen LogP contribution >= 0.6 is 11.7 Å². The molecule has 176 valence electrons. The molecular weight excluding hydrogens is 446 g/mol. The number of benzene rings is 1. The Morgan fingerprint density at radius 2 is 1.97 bits per heavy atom. The third-order valence-corrected chi connectivity index (χ3v) is 8.95. The number of sulfonamides is 1. The zero-order valence-corrected chi connectivity index (χ0v) is 20.3. The monoisotopic (exact) mass is 479 g/mol. The molecule has 0 spiro atoms. The lowest BCUT2D eigenvalue weighted by Gasteiger charge is -2.33. The van der Waals surface area contributed by atoms with Gasteiger partial charge in [-0.25, -0.2) is 13.1 Å². The molecule has 8 nitrogen and oxygen atoms in total. The second-order valence-corrected chi connectivity index (χ2v) is 11.4. The van der Waals surface area contributed by atoms with Gasteiger partial charge in [0.05, 0.1) is 11.7 Å². The Morgan fingerprint density at radius 3 is 2.75 bits per heavy atom. The van der Waals surface area contributed by atoms with Crippen molar-refractivity contribution < 1.29 is 13.2 Å². The SMILES string of the molecule is CC1CCCCN1CCNC(=O)C1CCC(CNS(=O)(=O)c2cccc3nsnc23)CC1. The summed E-state index contributed by atoms with van der Waals surface area (Å²) in [4.78, 5) is 15.2. The van der Waals surface area contributed by atoms with E-state index < -0.39 is 10.0 Å². The number of fused-ring (bicyclic) bond motifs is 1. The van der Waals surface area contributed by atoms with E-state index >= 15 is 0 Å². The molecule has 1 saturated carbocycles. The summed E-state index contributed by atoms with van der Waals surface area (Å²) in [7, 11) is -3.64. The van der Waals surface area contributed by atoms with Crippen LogP contribution in [0.4, 0.5) is 0 Å². The Hall–Kier alpha value is -1.62. The largest absolute Gasteiger partial charge is 0.355 e. The fourth-order valence-electron chi connectivity index (χ4n) is 4.89. The van der Waals surface area contributed by atoms with Gasteiger partial charge in [-0.05, 0) is 70.0 Å². The van der Waals surface area contributed by atoms with E-state index in [4.69, 9.17) is 0 Å². The normalized spacial score (nSPS) is 25.1. The van der Waals surface area contributed by atoms with Crippen molar-refractivity contribution in [3.05, 3.63) is 18.2 Å². The van der Waals surface area contributed by atoms with Crippen molar-refractivity contribution in [3.8, 4) is 0 Å². The van der Waals surface area contributed by atoms with E-state index in [1.165, 1.54) is 19.3 Å². The van der Waals surface area contributed by atoms with Gasteiger partial charge in [0.15, 0.2) is 0 Å². The molecule has 1 saturated heterocycles. The lowest BCUT2D eigenvalue weighted by atomic mass is 9.81. The predicted molar refractivity (Wildman–Crippen MR) is 126 cm³/mol. The molecule has 0 radical (unpaired) electrons. The Bertz CT molecular complexity index is 1020. The molecule has 1 aromatic heterocycles. The summed E-state index contributed by atoms with van der Waals surface area (Å²) in [6, 6.07) is 5.63. The van der Waals surface area contributed by atoms with Gasteiger partial charge >= 0.3 is 0 Å². The number of hydrogen-bond donors (Lipinski definition) is 2. The van der Waals surface area contributed by atoms with Gasteiger partial charge in [0.1, 0.15) is 15.9 Å². The van der Waals surface area contributed by atoms with Crippen molar-refractivity contribution in [2.45, 2.75) is 62.8 Å². The van der Waals surface area contributed by atoms with Gasteiger partial charge < -0.3 is 5.32 Å². The summed E-state index contributed by atoms with van der Waals surface area (Å²) in [6.07, 6.45) is 7.13. The third kappa shape index (κ3) is 5.65. The Kier molecular flexibility index (Phi) is 7.75. The van der Waals surface area contributed by atoms with Gasteiger partial charge in [0, 0.05) is 31.6 Å². The van der Waals surface area contributed by atoms with E-state index in [0.29, 0.717) is 30.2 Å². The van der Waals surface area contributed by atoms with E-state index in [1.807, 2.05) is 0 Å². The maximum Gasteiger partial charge on any atom is 0.242 e. The minimum Gasteiger partial charge on any atom is -0.355 e. The highest BCUT2D eigenvalue weighted by Gasteiger charge is 2.28. The van der Waals surface area contributed by atoms with Gasteiger partial charge in [-0.1, -0.05) is 12.5 Å². The summed E-state index contributed by atoms with van der Waals surface area (Å²) >= 11 is 1.01. The van der Waals surface area contributed by atoms with Crippen molar-refractivity contribution in [2.75, 3.05) is 26.2 Å². The van der Waals surface area contributed by atoms with Crippen LogP contribution in [-0.2, 0) is 14.8 Å². The first-order chi connectivity index (χ1) is 15.4. The van der Waals surface area contributed by atoms with Crippen LogP contribution in [0.5, 0.6) is 0 Å². The fraction of sp³-hybridized carbons (Fsp3) is 0.682. The molecule has 1 atom stereocenters. The molecule has 4 rings (SSSR count). The van der Waals surface area contributed by atoms with Crippen LogP contribution in [-0.4, -0.2) is 60.2 Å². The van der Waals surface area contributed by atoms with E-state index in [0.717, 1.165) is 50.5 Å². The number of carbonyl (C=O) groups is 1. The van der Waals surface area contributed by atoms with Crippen LogP contribution in [0.3, 0.4) is 0 Å². The molecule has 1 amide bonds. The first kappa shape index (κ1) is 23.5. The number of nitrogens with one attached hydrogen (secondary N) is 2. The fourth-order valence-corrected chi connectivity index (χ4v) is 6.77. The number of aromatic nitrogens is 2. The molecule has 32 heavy (non-hydrogen) atoms. The molecule has 1 aromatic carbocycles. The van der Waals surface area contributed by atoms with E-state index in [1.54, 1.807) is 18.2 Å². The Morgan fingerprint density at radius 1 is 1.16 bits per heavy atom. The second-order valence-electron chi connectivity index (χ2n) is 9.13. The maximum atomic E-state index is 12.8. The molecule has 2 N–H and O–H groups in total. The van der Waals surface area contributed by atoms with Gasteiger partial charge in [-0.3, -0.25) is 9.69 Å². The minimum absolute atomic E-state index is 0.0384. The highest BCUT2D eigenvalue weighted by atomic mass is 32.2. The number of likely N-dealkylation sites (tertiary alicyclic amines) is 1. The lowest BCUT2D eigenvalue weighted by Crippen LogP contribution is -2.44. The first-order valence-corrected chi connectivity index (χ1v) is 13.9. The van der Waals surface area contributed by atoms with Crippen molar-refractivity contribution in [3.63, 3.8) is 0 Å². The topological polar surface area (TPSA) is 104 Å². The van der Waals surface area contributed by atoms with Crippen molar-refractivity contribution in [2.24, 2.45) is 11.8 Å². The second kappa shape index (κ2) is 10.5. The Labute approximate surface area is 194 Å². The highest BCUT2D eigenvalue weighted by Crippen LogP contribution is 2.29.